The minimum absolute atomic E-state index is 0. The summed E-state index contributed by atoms with van der Waals surface area (Å²) in [5, 5.41) is 11.4. The van der Waals surface area contributed by atoms with Gasteiger partial charge in [0, 0.05) is 12.1 Å². The lowest BCUT2D eigenvalue weighted by molar-refractivity contribution is -0.117. The zero-order valence-electron chi connectivity index (χ0n) is 14.7. The second-order valence-electron chi connectivity index (χ2n) is 6.56. The molecule has 4 N–H and O–H groups in total. The first-order valence-electron chi connectivity index (χ1n) is 8.47. The van der Waals surface area contributed by atoms with Crippen molar-refractivity contribution in [2.45, 2.75) is 44.4 Å². The third kappa shape index (κ3) is 6.26. The van der Waals surface area contributed by atoms with E-state index in [1.54, 1.807) is 12.1 Å². The molecule has 1 aromatic rings. The van der Waals surface area contributed by atoms with Crippen LogP contribution in [0.2, 0.25) is 0 Å². The molecule has 2 unspecified atom stereocenters. The lowest BCUT2D eigenvalue weighted by Crippen LogP contribution is -2.34. The van der Waals surface area contributed by atoms with E-state index in [1.165, 1.54) is 6.07 Å². The van der Waals surface area contributed by atoms with Crippen molar-refractivity contribution in [3.05, 3.63) is 23.8 Å². The van der Waals surface area contributed by atoms with Gasteiger partial charge >= 0.3 is 0 Å². The summed E-state index contributed by atoms with van der Waals surface area (Å²) >= 11 is 0. The van der Waals surface area contributed by atoms with Crippen LogP contribution in [0.3, 0.4) is 0 Å². The molecule has 2 atom stereocenters. The Balaban J connectivity index is 0.00000312. The van der Waals surface area contributed by atoms with Crippen molar-refractivity contribution in [3.63, 3.8) is 0 Å². The Hall–Kier alpha value is -1.15. The number of hydrogen-bond acceptors (Lipinski definition) is 4. The van der Waals surface area contributed by atoms with Crippen LogP contribution >= 0.6 is 12.4 Å². The third-order valence-electron chi connectivity index (χ3n) is 4.69. The van der Waals surface area contributed by atoms with Gasteiger partial charge in [-0.1, -0.05) is 19.9 Å². The number of hydrogen-bond donors (Lipinski definition) is 3. The smallest absolute Gasteiger partial charge is 0.238 e. The Morgan fingerprint density at radius 1 is 1.44 bits per heavy atom. The number of benzene rings is 1. The van der Waals surface area contributed by atoms with Crippen LogP contribution < -0.4 is 15.8 Å². The van der Waals surface area contributed by atoms with Crippen LogP contribution in [0.4, 0.5) is 5.69 Å². The predicted octanol–water partition coefficient (Wildman–Crippen LogP) is 2.28. The van der Waals surface area contributed by atoms with E-state index in [0.717, 1.165) is 25.9 Å². The Bertz CT molecular complexity index is 688. The fourth-order valence-corrected chi connectivity index (χ4v) is 4.09. The number of sulfonamides is 1. The van der Waals surface area contributed by atoms with E-state index < -0.39 is 10.0 Å². The van der Waals surface area contributed by atoms with Crippen LogP contribution in [0.15, 0.2) is 23.1 Å². The lowest BCUT2D eigenvalue weighted by Gasteiger charge is -2.28. The molecule has 0 spiro atoms. The molecule has 0 bridgehead atoms. The Kier molecular flexibility index (Phi) is 8.34. The van der Waals surface area contributed by atoms with Gasteiger partial charge in [0.15, 0.2) is 0 Å². The predicted molar refractivity (Wildman–Crippen MR) is 102 cm³/mol. The number of carbonyl (C=O) groups excluding carboxylic acids is 1. The minimum atomic E-state index is -3.80. The summed E-state index contributed by atoms with van der Waals surface area (Å²) in [5.41, 5.74) is 1.12. The number of rotatable bonds is 6. The number of amides is 1. The highest BCUT2D eigenvalue weighted by atomic mass is 35.5. The van der Waals surface area contributed by atoms with Gasteiger partial charge in [-0.15, -0.1) is 12.4 Å². The number of anilines is 1. The molecule has 142 valence electrons. The number of piperidine rings is 1. The van der Waals surface area contributed by atoms with Gasteiger partial charge in [0.2, 0.25) is 15.9 Å². The molecule has 0 aliphatic carbocycles. The molecule has 1 aromatic carbocycles. The van der Waals surface area contributed by atoms with Gasteiger partial charge in [0.25, 0.3) is 0 Å². The Morgan fingerprint density at radius 3 is 2.72 bits per heavy atom. The molecule has 1 saturated heterocycles. The number of aryl methyl sites for hydroxylation is 1. The van der Waals surface area contributed by atoms with Crippen LogP contribution in [0, 0.1) is 11.8 Å². The van der Waals surface area contributed by atoms with E-state index in [4.69, 9.17) is 5.14 Å². The first kappa shape index (κ1) is 21.9. The molecular formula is C17H28ClN3O3S. The van der Waals surface area contributed by atoms with Crippen LogP contribution in [-0.4, -0.2) is 27.4 Å². The second-order valence-corrected chi connectivity index (χ2v) is 8.09. The van der Waals surface area contributed by atoms with E-state index >= 15 is 0 Å². The summed E-state index contributed by atoms with van der Waals surface area (Å²) < 4.78 is 23.4. The third-order valence-corrected chi connectivity index (χ3v) is 5.68. The van der Waals surface area contributed by atoms with Gasteiger partial charge in [-0.3, -0.25) is 4.79 Å². The molecule has 1 heterocycles. The maximum Gasteiger partial charge on any atom is 0.238 e. The van der Waals surface area contributed by atoms with Crippen molar-refractivity contribution < 1.29 is 13.2 Å². The van der Waals surface area contributed by atoms with Crippen LogP contribution in [0.5, 0.6) is 0 Å². The van der Waals surface area contributed by atoms with Crippen molar-refractivity contribution in [3.8, 4) is 0 Å². The molecule has 0 saturated carbocycles. The molecule has 6 nitrogen and oxygen atoms in total. The zero-order valence-corrected chi connectivity index (χ0v) is 16.4. The molecule has 1 amide bonds. The first-order chi connectivity index (χ1) is 11.3. The average Bonchev–Trinajstić information content (AvgIpc) is 2.54. The highest BCUT2D eigenvalue weighted by molar-refractivity contribution is 7.89. The average molecular weight is 390 g/mol. The van der Waals surface area contributed by atoms with E-state index in [2.05, 4.69) is 17.6 Å². The van der Waals surface area contributed by atoms with Crippen LogP contribution in [0.25, 0.3) is 0 Å². The second kappa shape index (κ2) is 9.52. The molecule has 1 fully saturated rings. The van der Waals surface area contributed by atoms with Crippen LogP contribution in [0.1, 0.15) is 38.7 Å². The molecule has 1 aliphatic rings. The number of halogens is 1. The topological polar surface area (TPSA) is 101 Å². The van der Waals surface area contributed by atoms with Crippen molar-refractivity contribution in [1.29, 1.82) is 0 Å². The van der Waals surface area contributed by atoms with E-state index in [9.17, 15) is 13.2 Å². The van der Waals surface area contributed by atoms with Crippen molar-refractivity contribution in [2.75, 3.05) is 18.4 Å². The van der Waals surface area contributed by atoms with Gasteiger partial charge < -0.3 is 10.6 Å². The maximum absolute atomic E-state index is 12.3. The first-order valence-corrected chi connectivity index (χ1v) is 10.0. The van der Waals surface area contributed by atoms with Crippen molar-refractivity contribution in [1.82, 2.24) is 5.32 Å². The zero-order chi connectivity index (χ0) is 17.7. The summed E-state index contributed by atoms with van der Waals surface area (Å²) in [6.45, 7) is 5.96. The normalized spacial score (nSPS) is 18.9. The van der Waals surface area contributed by atoms with E-state index in [1.807, 2.05) is 6.92 Å². The van der Waals surface area contributed by atoms with E-state index in [0.29, 0.717) is 30.0 Å². The van der Waals surface area contributed by atoms with Gasteiger partial charge in [0.05, 0.1) is 4.90 Å². The molecule has 8 heteroatoms. The molecule has 2 rings (SSSR count). The molecule has 0 radical (unpaired) electrons. The van der Waals surface area contributed by atoms with Gasteiger partial charge in [0.1, 0.15) is 0 Å². The quantitative estimate of drug-likeness (QED) is 0.694. The minimum Gasteiger partial charge on any atom is -0.326 e. The fourth-order valence-electron chi connectivity index (χ4n) is 3.22. The largest absolute Gasteiger partial charge is 0.326 e. The van der Waals surface area contributed by atoms with Gasteiger partial charge in [-0.25, -0.2) is 13.6 Å². The number of nitrogens with one attached hydrogen (secondary N) is 2. The highest BCUT2D eigenvalue weighted by Crippen LogP contribution is 2.24. The number of primary sulfonamides is 1. The van der Waals surface area contributed by atoms with Gasteiger partial charge in [-0.2, -0.15) is 0 Å². The number of nitrogens with two attached hydrogens (primary N) is 1. The van der Waals surface area contributed by atoms with Crippen molar-refractivity contribution in [2.24, 2.45) is 17.0 Å². The summed E-state index contributed by atoms with van der Waals surface area (Å²) in [4.78, 5) is 12.3. The summed E-state index contributed by atoms with van der Waals surface area (Å²) in [7, 11) is -3.80. The van der Waals surface area contributed by atoms with Gasteiger partial charge in [-0.05, 0) is 61.9 Å². The standard InChI is InChI=1S/C17H27N3O3S.ClH/c1-3-13-6-7-15(10-16(13)24(18,22)23)20-17(21)9-12(2)14-5-4-8-19-11-14;/h6-7,10,12,14,19H,3-5,8-9,11H2,1-2H3,(H,20,21)(H2,18,22,23);1H. The Morgan fingerprint density at radius 2 is 2.16 bits per heavy atom. The monoisotopic (exact) mass is 389 g/mol. The lowest BCUT2D eigenvalue weighted by atomic mass is 9.85. The van der Waals surface area contributed by atoms with Crippen molar-refractivity contribution >= 4 is 34.0 Å². The SMILES string of the molecule is CCc1ccc(NC(=O)CC(C)C2CCCNC2)cc1S(N)(=O)=O.Cl. The summed E-state index contributed by atoms with van der Waals surface area (Å²) in [5.74, 6) is 0.690. The fraction of sp³-hybridized carbons (Fsp3) is 0.588. The molecule has 0 aromatic heterocycles. The van der Waals surface area contributed by atoms with Crippen LogP contribution in [-0.2, 0) is 21.2 Å². The Labute approximate surface area is 156 Å². The molecule has 1 aliphatic heterocycles. The number of carbonyl (C=O) groups is 1. The molecular weight excluding hydrogens is 362 g/mol. The highest BCUT2D eigenvalue weighted by Gasteiger charge is 2.22. The summed E-state index contributed by atoms with van der Waals surface area (Å²) in [6, 6.07) is 4.86. The maximum atomic E-state index is 12.3. The van der Waals surface area contributed by atoms with E-state index in [-0.39, 0.29) is 29.1 Å². The molecule has 25 heavy (non-hydrogen) atoms. The summed E-state index contributed by atoms with van der Waals surface area (Å²) in [6.07, 6.45) is 3.27.